The molecule has 1 aliphatic carbocycles. The smallest absolute Gasteiger partial charge is 0.147 e. The zero-order valence-electron chi connectivity index (χ0n) is 13.6. The van der Waals surface area contributed by atoms with Gasteiger partial charge in [-0.15, -0.1) is 0 Å². The summed E-state index contributed by atoms with van der Waals surface area (Å²) in [6.45, 7) is 7.37. The second kappa shape index (κ2) is 5.16. The first-order valence-corrected chi connectivity index (χ1v) is 7.58. The summed E-state index contributed by atoms with van der Waals surface area (Å²) in [6, 6.07) is 7.00. The fraction of sp³-hybridized carbons (Fsp3) is 0.529. The van der Waals surface area contributed by atoms with E-state index in [-0.39, 0.29) is 11.2 Å². The maximum absolute atomic E-state index is 14.5. The molecule has 3 rings (SSSR count). The molecule has 1 aliphatic rings. The van der Waals surface area contributed by atoms with E-state index in [1.54, 1.807) is 13.2 Å². The summed E-state index contributed by atoms with van der Waals surface area (Å²) in [5.41, 5.74) is 0.262. The van der Waals surface area contributed by atoms with Crippen LogP contribution >= 0.6 is 0 Å². The van der Waals surface area contributed by atoms with E-state index in [4.69, 9.17) is 4.74 Å². The van der Waals surface area contributed by atoms with Gasteiger partial charge in [0.1, 0.15) is 17.5 Å². The minimum atomic E-state index is -0.409. The van der Waals surface area contributed by atoms with Gasteiger partial charge in [0.2, 0.25) is 0 Å². The van der Waals surface area contributed by atoms with Crippen molar-refractivity contribution in [3.63, 3.8) is 0 Å². The molecule has 1 heterocycles. The van der Waals surface area contributed by atoms with E-state index >= 15 is 0 Å². The number of halogens is 1. The molecular formula is C17H22FN3O. The molecule has 0 saturated heterocycles. The number of hydrogen-bond acceptors (Lipinski definition) is 3. The number of rotatable bonds is 5. The van der Waals surface area contributed by atoms with Gasteiger partial charge in [0.15, 0.2) is 0 Å². The fourth-order valence-electron chi connectivity index (χ4n) is 3.49. The van der Waals surface area contributed by atoms with Crippen molar-refractivity contribution < 1.29 is 9.13 Å². The van der Waals surface area contributed by atoms with Gasteiger partial charge in [-0.25, -0.2) is 14.1 Å². The molecule has 0 spiro atoms. The Morgan fingerprint density at radius 3 is 2.59 bits per heavy atom. The van der Waals surface area contributed by atoms with E-state index in [0.29, 0.717) is 24.5 Å². The van der Waals surface area contributed by atoms with Crippen molar-refractivity contribution in [1.82, 2.24) is 14.8 Å². The van der Waals surface area contributed by atoms with Gasteiger partial charge in [-0.05, 0) is 24.8 Å². The van der Waals surface area contributed by atoms with Crippen molar-refractivity contribution >= 4 is 0 Å². The molecular weight excluding hydrogens is 281 g/mol. The number of benzene rings is 1. The predicted molar refractivity (Wildman–Crippen MR) is 82.2 cm³/mol. The molecule has 118 valence electrons. The number of ether oxygens (including phenoxy) is 1. The molecule has 1 aromatic heterocycles. The first-order valence-electron chi connectivity index (χ1n) is 7.58. The maximum atomic E-state index is 14.5. The highest BCUT2D eigenvalue weighted by atomic mass is 19.1. The third kappa shape index (κ3) is 2.15. The highest BCUT2D eigenvalue weighted by Gasteiger charge is 2.66. The molecule has 1 saturated carbocycles. The highest BCUT2D eigenvalue weighted by Crippen LogP contribution is 2.67. The summed E-state index contributed by atoms with van der Waals surface area (Å²) >= 11 is 0. The number of methoxy groups -OCH3 is 1. The molecule has 22 heavy (non-hydrogen) atoms. The van der Waals surface area contributed by atoms with Gasteiger partial charge in [0.25, 0.3) is 0 Å². The Hall–Kier alpha value is -1.75. The summed E-state index contributed by atoms with van der Waals surface area (Å²) in [7, 11) is 1.66. The van der Waals surface area contributed by atoms with E-state index < -0.39 is 5.41 Å². The van der Waals surface area contributed by atoms with Gasteiger partial charge < -0.3 is 4.74 Å². The lowest BCUT2D eigenvalue weighted by Crippen LogP contribution is -2.24. The van der Waals surface area contributed by atoms with Crippen LogP contribution in [0.15, 0.2) is 24.3 Å². The molecule has 1 aromatic carbocycles. The van der Waals surface area contributed by atoms with Gasteiger partial charge in [-0.3, -0.25) is 0 Å². The molecule has 0 N–H and O–H groups in total. The second-order valence-electron chi connectivity index (χ2n) is 6.64. The minimum Gasteiger partial charge on any atom is -0.383 e. The van der Waals surface area contributed by atoms with Crippen molar-refractivity contribution in [2.24, 2.45) is 5.41 Å². The van der Waals surface area contributed by atoms with Crippen LogP contribution in [-0.4, -0.2) is 28.5 Å². The SMILES string of the molecule is COCCn1nc(C)nc1C1(c2ccccc2F)CC1(C)C. The van der Waals surface area contributed by atoms with Crippen molar-refractivity contribution in [1.29, 1.82) is 0 Å². The van der Waals surface area contributed by atoms with Gasteiger partial charge in [-0.2, -0.15) is 5.10 Å². The predicted octanol–water partition coefficient (Wildman–Crippen LogP) is 3.09. The quantitative estimate of drug-likeness (QED) is 0.852. The van der Waals surface area contributed by atoms with Gasteiger partial charge in [0.05, 0.1) is 18.6 Å². The number of aryl methyl sites for hydroxylation is 1. The van der Waals surface area contributed by atoms with E-state index in [2.05, 4.69) is 23.9 Å². The monoisotopic (exact) mass is 303 g/mol. The largest absolute Gasteiger partial charge is 0.383 e. The molecule has 5 heteroatoms. The summed E-state index contributed by atoms with van der Waals surface area (Å²) < 4.78 is 21.5. The molecule has 1 atom stereocenters. The molecule has 1 fully saturated rings. The minimum absolute atomic E-state index is 0.0422. The molecule has 1 unspecified atom stereocenters. The fourth-order valence-corrected chi connectivity index (χ4v) is 3.49. The van der Waals surface area contributed by atoms with Crippen molar-refractivity contribution in [3.05, 3.63) is 47.3 Å². The summed E-state index contributed by atoms with van der Waals surface area (Å²) in [4.78, 5) is 4.64. The molecule has 4 nitrogen and oxygen atoms in total. The average molecular weight is 303 g/mol. The van der Waals surface area contributed by atoms with Crippen LogP contribution in [0.4, 0.5) is 4.39 Å². The molecule has 0 bridgehead atoms. The first-order chi connectivity index (χ1) is 10.4. The Bertz CT molecular complexity index is 695. The topological polar surface area (TPSA) is 39.9 Å². The number of nitrogens with zero attached hydrogens (tertiary/aromatic N) is 3. The molecule has 2 aromatic rings. The van der Waals surface area contributed by atoms with Crippen molar-refractivity contribution in [2.45, 2.75) is 39.2 Å². The van der Waals surface area contributed by atoms with E-state index in [0.717, 1.165) is 12.2 Å². The summed E-state index contributed by atoms with van der Waals surface area (Å²) in [6.07, 6.45) is 0.867. The Labute approximate surface area is 130 Å². The van der Waals surface area contributed by atoms with Crippen LogP contribution in [0, 0.1) is 18.2 Å². The van der Waals surface area contributed by atoms with Crippen LogP contribution in [0.5, 0.6) is 0 Å². The van der Waals surface area contributed by atoms with E-state index in [1.807, 2.05) is 23.7 Å². The number of hydrogen-bond donors (Lipinski definition) is 0. The first kappa shape index (κ1) is 15.2. The zero-order valence-corrected chi connectivity index (χ0v) is 13.6. The van der Waals surface area contributed by atoms with Crippen molar-refractivity contribution in [2.75, 3.05) is 13.7 Å². The molecule has 0 aliphatic heterocycles. The lowest BCUT2D eigenvalue weighted by atomic mass is 9.86. The van der Waals surface area contributed by atoms with Gasteiger partial charge in [-0.1, -0.05) is 32.0 Å². The Morgan fingerprint density at radius 1 is 1.32 bits per heavy atom. The van der Waals surface area contributed by atoms with Crippen LogP contribution in [0.1, 0.15) is 37.5 Å². The third-order valence-electron chi connectivity index (χ3n) is 4.74. The zero-order chi connectivity index (χ0) is 16.0. The van der Waals surface area contributed by atoms with E-state index in [9.17, 15) is 4.39 Å². The third-order valence-corrected chi connectivity index (χ3v) is 4.74. The lowest BCUT2D eigenvalue weighted by Gasteiger charge is -2.21. The normalized spacial score (nSPS) is 22.8. The maximum Gasteiger partial charge on any atom is 0.147 e. The van der Waals surface area contributed by atoms with Crippen LogP contribution in [0.2, 0.25) is 0 Å². The van der Waals surface area contributed by atoms with Crippen molar-refractivity contribution in [3.8, 4) is 0 Å². The Balaban J connectivity index is 2.13. The Morgan fingerprint density at radius 2 is 2.00 bits per heavy atom. The second-order valence-corrected chi connectivity index (χ2v) is 6.64. The Kier molecular flexibility index (Phi) is 3.56. The van der Waals surface area contributed by atoms with Gasteiger partial charge in [0, 0.05) is 12.7 Å². The van der Waals surface area contributed by atoms with Gasteiger partial charge >= 0.3 is 0 Å². The van der Waals surface area contributed by atoms with Crippen LogP contribution in [-0.2, 0) is 16.7 Å². The molecule has 0 amide bonds. The summed E-state index contributed by atoms with van der Waals surface area (Å²) in [5.74, 6) is 1.38. The van der Waals surface area contributed by atoms with Crippen LogP contribution in [0.25, 0.3) is 0 Å². The van der Waals surface area contributed by atoms with Crippen LogP contribution < -0.4 is 0 Å². The standard InChI is InChI=1S/C17H22FN3O/c1-12-19-15(21(20-12)9-10-22-4)17(11-16(17,2)3)13-7-5-6-8-14(13)18/h5-8H,9-11H2,1-4H3. The van der Waals surface area contributed by atoms with Crippen LogP contribution in [0.3, 0.4) is 0 Å². The van der Waals surface area contributed by atoms with E-state index in [1.165, 1.54) is 6.07 Å². The highest BCUT2D eigenvalue weighted by molar-refractivity contribution is 5.45. The average Bonchev–Trinajstić information content (AvgIpc) is 2.85. The summed E-state index contributed by atoms with van der Waals surface area (Å²) in [5, 5.41) is 4.48. The number of aromatic nitrogens is 3. The lowest BCUT2D eigenvalue weighted by molar-refractivity contribution is 0.181. The molecule has 0 radical (unpaired) electrons.